The molecule has 1 heterocycles. The lowest BCUT2D eigenvalue weighted by molar-refractivity contribution is 0.102. The maximum atomic E-state index is 11.9. The maximum Gasteiger partial charge on any atom is 0.284 e. The van der Waals surface area contributed by atoms with Crippen LogP contribution in [0, 0.1) is 0 Å². The summed E-state index contributed by atoms with van der Waals surface area (Å²) in [7, 11) is 0. The summed E-state index contributed by atoms with van der Waals surface area (Å²) in [5.41, 5.74) is 0.679. The van der Waals surface area contributed by atoms with Crippen LogP contribution in [0.2, 0.25) is 0 Å². The molecule has 2 aromatic rings. The predicted molar refractivity (Wildman–Crippen MR) is 76.9 cm³/mol. The third-order valence-electron chi connectivity index (χ3n) is 2.52. The van der Waals surface area contributed by atoms with Gasteiger partial charge in [-0.3, -0.25) is 4.79 Å². The highest BCUT2D eigenvalue weighted by Gasteiger charge is 2.11. The van der Waals surface area contributed by atoms with Gasteiger partial charge in [0.15, 0.2) is 5.01 Å². The lowest BCUT2D eigenvalue weighted by Gasteiger charge is -2.11. The van der Waals surface area contributed by atoms with E-state index in [4.69, 9.17) is 4.74 Å². The predicted octanol–water partition coefficient (Wildman–Crippen LogP) is 3.57. The highest BCUT2D eigenvalue weighted by molar-refractivity contribution is 7.11. The normalized spacial score (nSPS) is 10.2. The summed E-state index contributed by atoms with van der Waals surface area (Å²) in [6, 6.07) is 7.43. The molecule has 0 spiro atoms. The summed E-state index contributed by atoms with van der Waals surface area (Å²) >= 11 is 1.31. The molecule has 1 aromatic carbocycles. The molecule has 0 radical (unpaired) electrons. The first-order valence-electron chi connectivity index (χ1n) is 6.24. The first-order valence-corrected chi connectivity index (χ1v) is 7.12. The van der Waals surface area contributed by atoms with Gasteiger partial charge in [-0.05, 0) is 18.6 Å². The number of para-hydroxylation sites is 2. The number of thiazole rings is 1. The second-order valence-corrected chi connectivity index (χ2v) is 4.88. The van der Waals surface area contributed by atoms with Crippen LogP contribution in [0.15, 0.2) is 35.8 Å². The number of aromatic nitrogens is 1. The van der Waals surface area contributed by atoms with Crippen LogP contribution in [0.25, 0.3) is 0 Å². The van der Waals surface area contributed by atoms with E-state index in [9.17, 15) is 4.79 Å². The average Bonchev–Trinajstić information content (AvgIpc) is 2.95. The van der Waals surface area contributed by atoms with Crippen molar-refractivity contribution in [3.63, 3.8) is 0 Å². The molecule has 2 rings (SSSR count). The molecule has 5 heteroatoms. The van der Waals surface area contributed by atoms with Gasteiger partial charge in [0.05, 0.1) is 12.3 Å². The Morgan fingerprint density at radius 2 is 2.26 bits per heavy atom. The molecule has 0 bridgehead atoms. The standard InChI is InChI=1S/C14H16N2O2S/c1-2-3-9-18-12-7-5-4-6-11(12)16-13(17)14-15-8-10-19-14/h4-8,10H,2-3,9H2,1H3,(H,16,17). The molecule has 0 fully saturated rings. The SMILES string of the molecule is CCCCOc1ccccc1NC(=O)c1nccs1. The van der Waals surface area contributed by atoms with E-state index in [1.165, 1.54) is 11.3 Å². The number of amides is 1. The minimum absolute atomic E-state index is 0.207. The van der Waals surface area contributed by atoms with Gasteiger partial charge in [0, 0.05) is 11.6 Å². The van der Waals surface area contributed by atoms with Crippen molar-refractivity contribution in [1.82, 2.24) is 4.98 Å². The monoisotopic (exact) mass is 276 g/mol. The van der Waals surface area contributed by atoms with Crippen molar-refractivity contribution in [3.8, 4) is 5.75 Å². The molecule has 4 nitrogen and oxygen atoms in total. The van der Waals surface area contributed by atoms with Gasteiger partial charge >= 0.3 is 0 Å². The molecule has 0 saturated carbocycles. The second-order valence-electron chi connectivity index (χ2n) is 3.99. The zero-order chi connectivity index (χ0) is 13.5. The summed E-state index contributed by atoms with van der Waals surface area (Å²) in [5.74, 6) is 0.488. The van der Waals surface area contributed by atoms with Crippen molar-refractivity contribution >= 4 is 22.9 Å². The Morgan fingerprint density at radius 1 is 1.42 bits per heavy atom. The minimum atomic E-state index is -0.207. The largest absolute Gasteiger partial charge is 0.491 e. The highest BCUT2D eigenvalue weighted by atomic mass is 32.1. The summed E-state index contributed by atoms with van der Waals surface area (Å²) in [5, 5.41) is 5.05. The first kappa shape index (κ1) is 13.5. The van der Waals surface area contributed by atoms with Gasteiger partial charge in [-0.25, -0.2) is 4.98 Å². The fourth-order valence-corrected chi connectivity index (χ4v) is 2.06. The fourth-order valence-electron chi connectivity index (χ4n) is 1.53. The van der Waals surface area contributed by atoms with E-state index in [2.05, 4.69) is 17.2 Å². The smallest absolute Gasteiger partial charge is 0.284 e. The van der Waals surface area contributed by atoms with Crippen LogP contribution in [0.4, 0.5) is 5.69 Å². The van der Waals surface area contributed by atoms with Crippen LogP contribution >= 0.6 is 11.3 Å². The molecule has 19 heavy (non-hydrogen) atoms. The van der Waals surface area contributed by atoms with Gasteiger partial charge in [-0.15, -0.1) is 11.3 Å². The lowest BCUT2D eigenvalue weighted by atomic mass is 10.3. The zero-order valence-electron chi connectivity index (χ0n) is 10.8. The molecule has 0 aliphatic heterocycles. The minimum Gasteiger partial charge on any atom is -0.491 e. The molecule has 0 aliphatic rings. The molecule has 0 atom stereocenters. The highest BCUT2D eigenvalue weighted by Crippen LogP contribution is 2.24. The van der Waals surface area contributed by atoms with E-state index < -0.39 is 0 Å². The van der Waals surface area contributed by atoms with Crippen molar-refractivity contribution in [2.45, 2.75) is 19.8 Å². The van der Waals surface area contributed by atoms with Gasteiger partial charge in [0.1, 0.15) is 5.75 Å². The lowest BCUT2D eigenvalue weighted by Crippen LogP contribution is -2.12. The van der Waals surface area contributed by atoms with Crippen molar-refractivity contribution in [2.24, 2.45) is 0 Å². The van der Waals surface area contributed by atoms with Gasteiger partial charge in [-0.2, -0.15) is 0 Å². The third kappa shape index (κ3) is 3.79. The van der Waals surface area contributed by atoms with Crippen molar-refractivity contribution in [3.05, 3.63) is 40.8 Å². The Kier molecular flexibility index (Phi) is 4.92. The first-order chi connectivity index (χ1) is 9.31. The van der Waals surface area contributed by atoms with E-state index in [1.54, 1.807) is 11.6 Å². The average molecular weight is 276 g/mol. The fraction of sp³-hybridized carbons (Fsp3) is 0.286. The molecule has 1 N–H and O–H groups in total. The Morgan fingerprint density at radius 3 is 3.00 bits per heavy atom. The Balaban J connectivity index is 2.05. The number of unbranched alkanes of at least 4 members (excludes halogenated alkanes) is 1. The number of hydrogen-bond donors (Lipinski definition) is 1. The number of carbonyl (C=O) groups is 1. The van der Waals surface area contributed by atoms with Crippen molar-refractivity contribution in [2.75, 3.05) is 11.9 Å². The van der Waals surface area contributed by atoms with Crippen LogP contribution in [0.3, 0.4) is 0 Å². The summed E-state index contributed by atoms with van der Waals surface area (Å²) in [4.78, 5) is 15.9. The van der Waals surface area contributed by atoms with Crippen LogP contribution in [-0.4, -0.2) is 17.5 Å². The Bertz CT molecular complexity index is 526. The number of benzene rings is 1. The summed E-state index contributed by atoms with van der Waals surface area (Å²) in [6.45, 7) is 2.76. The van der Waals surface area contributed by atoms with Crippen molar-refractivity contribution < 1.29 is 9.53 Å². The number of hydrogen-bond acceptors (Lipinski definition) is 4. The number of nitrogens with one attached hydrogen (secondary N) is 1. The third-order valence-corrected chi connectivity index (χ3v) is 3.29. The number of ether oxygens (including phenoxy) is 1. The maximum absolute atomic E-state index is 11.9. The second kappa shape index (κ2) is 6.89. The van der Waals surface area contributed by atoms with E-state index in [-0.39, 0.29) is 5.91 Å². The molecule has 0 aliphatic carbocycles. The molecule has 0 unspecified atom stereocenters. The van der Waals surface area contributed by atoms with Gasteiger partial charge < -0.3 is 10.1 Å². The van der Waals surface area contributed by atoms with Gasteiger partial charge in [-0.1, -0.05) is 25.5 Å². The number of carbonyl (C=O) groups excluding carboxylic acids is 1. The number of nitrogens with zero attached hydrogens (tertiary/aromatic N) is 1. The molecule has 1 amide bonds. The zero-order valence-corrected chi connectivity index (χ0v) is 11.6. The molecule has 1 aromatic heterocycles. The molecular formula is C14H16N2O2S. The molecule has 100 valence electrons. The molecule has 0 saturated heterocycles. The van der Waals surface area contributed by atoms with Crippen LogP contribution in [0.5, 0.6) is 5.75 Å². The molecular weight excluding hydrogens is 260 g/mol. The van der Waals surface area contributed by atoms with Gasteiger partial charge in [0.25, 0.3) is 5.91 Å². The van der Waals surface area contributed by atoms with Crippen LogP contribution < -0.4 is 10.1 Å². The Labute approximate surface area is 116 Å². The van der Waals surface area contributed by atoms with E-state index in [0.717, 1.165) is 12.8 Å². The van der Waals surface area contributed by atoms with Crippen LogP contribution in [-0.2, 0) is 0 Å². The van der Waals surface area contributed by atoms with E-state index >= 15 is 0 Å². The van der Waals surface area contributed by atoms with Crippen molar-refractivity contribution in [1.29, 1.82) is 0 Å². The number of rotatable bonds is 6. The van der Waals surface area contributed by atoms with E-state index in [1.807, 2.05) is 24.3 Å². The van der Waals surface area contributed by atoms with Crippen LogP contribution in [0.1, 0.15) is 29.6 Å². The summed E-state index contributed by atoms with van der Waals surface area (Å²) in [6.07, 6.45) is 3.69. The van der Waals surface area contributed by atoms with E-state index in [0.29, 0.717) is 23.1 Å². The quantitative estimate of drug-likeness (QED) is 0.820. The topological polar surface area (TPSA) is 51.2 Å². The Hall–Kier alpha value is -1.88. The number of anilines is 1. The van der Waals surface area contributed by atoms with Gasteiger partial charge in [0.2, 0.25) is 0 Å². The summed E-state index contributed by atoms with van der Waals surface area (Å²) < 4.78 is 5.66.